The van der Waals surface area contributed by atoms with Crippen molar-refractivity contribution < 1.29 is 23.8 Å². The van der Waals surface area contributed by atoms with Crippen molar-refractivity contribution in [3.05, 3.63) is 85.2 Å². The average Bonchev–Trinajstić information content (AvgIpc) is 3.15. The number of aromatic hydroxyl groups is 1. The lowest BCUT2D eigenvalue weighted by Gasteiger charge is -2.10. The van der Waals surface area contributed by atoms with E-state index in [-0.39, 0.29) is 17.5 Å². The smallest absolute Gasteiger partial charge is 0.243 e. The molecule has 1 heterocycles. The Morgan fingerprint density at radius 1 is 1.06 bits per heavy atom. The van der Waals surface area contributed by atoms with Gasteiger partial charge in [-0.1, -0.05) is 18.7 Å². The number of rotatable bonds is 8. The lowest BCUT2D eigenvalue weighted by atomic mass is 10.1. The third-order valence-electron chi connectivity index (χ3n) is 4.63. The van der Waals surface area contributed by atoms with E-state index in [0.717, 1.165) is 20.5 Å². The van der Waals surface area contributed by atoms with Crippen molar-refractivity contribution in [1.29, 1.82) is 0 Å². The highest BCUT2D eigenvalue weighted by atomic mass is 32.1. The molecule has 1 amide bonds. The number of carbonyl (C=O) groups excluding carboxylic acids is 1. The third kappa shape index (κ3) is 4.90. The molecule has 2 N–H and O–H groups in total. The molecule has 4 rings (SSSR count). The number of phenolic OH excluding ortho intramolecular Hbond substituents is 1. The zero-order valence-corrected chi connectivity index (χ0v) is 17.8. The molecule has 32 heavy (non-hydrogen) atoms. The zero-order chi connectivity index (χ0) is 22.5. The lowest BCUT2D eigenvalue weighted by Crippen LogP contribution is -2.26. The summed E-state index contributed by atoms with van der Waals surface area (Å²) in [6, 6.07) is 18.5. The van der Waals surface area contributed by atoms with Crippen LogP contribution in [0.2, 0.25) is 0 Å². The fourth-order valence-electron chi connectivity index (χ4n) is 3.09. The van der Waals surface area contributed by atoms with E-state index in [1.165, 1.54) is 29.5 Å². The molecule has 1 aromatic heterocycles. The van der Waals surface area contributed by atoms with Crippen LogP contribution in [0.1, 0.15) is 0 Å². The molecule has 162 valence electrons. The van der Waals surface area contributed by atoms with Crippen LogP contribution in [0.25, 0.3) is 20.5 Å². The van der Waals surface area contributed by atoms with Crippen LogP contribution in [0.4, 0.5) is 4.39 Å². The van der Waals surface area contributed by atoms with Gasteiger partial charge in [0.2, 0.25) is 5.91 Å². The van der Waals surface area contributed by atoms with Crippen molar-refractivity contribution in [3.63, 3.8) is 0 Å². The number of carbonyl (C=O) groups is 1. The average molecular weight is 450 g/mol. The van der Waals surface area contributed by atoms with Crippen LogP contribution in [-0.4, -0.2) is 24.2 Å². The number of nitrogens with one attached hydrogen (secondary N) is 1. The van der Waals surface area contributed by atoms with E-state index < -0.39 is 0 Å². The molecular formula is C25H20FNO4S. The molecule has 0 atom stereocenters. The summed E-state index contributed by atoms with van der Waals surface area (Å²) in [6.45, 7) is 4.09. The third-order valence-corrected chi connectivity index (χ3v) is 5.82. The number of hydrogen-bond donors (Lipinski definition) is 2. The molecule has 5 nitrogen and oxygen atoms in total. The maximum atomic E-state index is 13.4. The number of amides is 1. The molecule has 0 bridgehead atoms. The van der Waals surface area contributed by atoms with Crippen LogP contribution < -0.4 is 14.8 Å². The van der Waals surface area contributed by atoms with Gasteiger partial charge < -0.3 is 19.9 Å². The molecule has 0 unspecified atom stereocenters. The van der Waals surface area contributed by atoms with E-state index >= 15 is 0 Å². The Kier molecular flexibility index (Phi) is 6.37. The van der Waals surface area contributed by atoms with Gasteiger partial charge >= 0.3 is 0 Å². The van der Waals surface area contributed by atoms with Gasteiger partial charge in [-0.25, -0.2) is 4.39 Å². The molecule has 0 aliphatic rings. The van der Waals surface area contributed by atoms with Crippen LogP contribution in [0.3, 0.4) is 0 Å². The van der Waals surface area contributed by atoms with Gasteiger partial charge in [-0.05, 0) is 66.2 Å². The van der Waals surface area contributed by atoms with Crippen LogP contribution in [0, 0.1) is 5.82 Å². The summed E-state index contributed by atoms with van der Waals surface area (Å²) in [6.07, 6.45) is 1.21. The Bertz CT molecular complexity index is 1250. The van der Waals surface area contributed by atoms with Gasteiger partial charge in [0.05, 0.1) is 11.4 Å². The highest BCUT2D eigenvalue weighted by molar-refractivity contribution is 7.22. The maximum absolute atomic E-state index is 13.4. The molecule has 4 aromatic rings. The molecule has 7 heteroatoms. The van der Waals surface area contributed by atoms with Crippen molar-refractivity contribution >= 4 is 27.3 Å². The van der Waals surface area contributed by atoms with E-state index in [1.807, 2.05) is 0 Å². The Morgan fingerprint density at radius 3 is 2.50 bits per heavy atom. The Morgan fingerprint density at radius 2 is 1.78 bits per heavy atom. The maximum Gasteiger partial charge on any atom is 0.243 e. The SMILES string of the molecule is C=CC(=O)NCCOc1ccc(Oc2c(-c3ccc(F)cc3)sc3cc(O)ccc23)cc1. The van der Waals surface area contributed by atoms with E-state index in [2.05, 4.69) is 11.9 Å². The first-order valence-electron chi connectivity index (χ1n) is 9.86. The summed E-state index contributed by atoms with van der Waals surface area (Å²) in [7, 11) is 0. The minimum atomic E-state index is -0.311. The van der Waals surface area contributed by atoms with Crippen LogP contribution in [0.15, 0.2) is 79.4 Å². The molecule has 0 spiro atoms. The van der Waals surface area contributed by atoms with Gasteiger partial charge in [-0.15, -0.1) is 11.3 Å². The van der Waals surface area contributed by atoms with E-state index in [9.17, 15) is 14.3 Å². The predicted octanol–water partition coefficient (Wildman–Crippen LogP) is 5.89. The Hall–Kier alpha value is -3.84. The fraction of sp³-hybridized carbons (Fsp3) is 0.0800. The van der Waals surface area contributed by atoms with Gasteiger partial charge in [0.15, 0.2) is 5.75 Å². The highest BCUT2D eigenvalue weighted by Gasteiger charge is 2.17. The summed E-state index contributed by atoms with van der Waals surface area (Å²) in [5.41, 5.74) is 0.823. The zero-order valence-electron chi connectivity index (χ0n) is 17.0. The molecule has 0 aliphatic carbocycles. The van der Waals surface area contributed by atoms with Gasteiger partial charge in [0.25, 0.3) is 0 Å². The number of phenols is 1. The van der Waals surface area contributed by atoms with Gasteiger partial charge in [-0.3, -0.25) is 4.79 Å². The molecule has 0 aliphatic heterocycles. The first-order valence-corrected chi connectivity index (χ1v) is 10.7. The van der Waals surface area contributed by atoms with Crippen molar-refractivity contribution in [2.75, 3.05) is 13.2 Å². The summed E-state index contributed by atoms with van der Waals surface area (Å²) in [5, 5.41) is 13.4. The number of fused-ring (bicyclic) bond motifs is 1. The van der Waals surface area contributed by atoms with Gasteiger partial charge in [-0.2, -0.15) is 0 Å². The summed E-state index contributed by atoms with van der Waals surface area (Å²) in [4.78, 5) is 12.0. The van der Waals surface area contributed by atoms with E-state index in [1.54, 1.807) is 54.6 Å². The molecule has 3 aromatic carbocycles. The normalized spacial score (nSPS) is 10.7. The van der Waals surface area contributed by atoms with E-state index in [0.29, 0.717) is 30.4 Å². The van der Waals surface area contributed by atoms with Crippen LogP contribution >= 0.6 is 11.3 Å². The lowest BCUT2D eigenvalue weighted by molar-refractivity contribution is -0.116. The standard InChI is InChI=1S/C25H20FNO4S/c1-2-23(29)27-13-14-30-19-8-10-20(11-9-19)31-24-21-12-7-18(28)15-22(21)32-25(24)16-3-5-17(26)6-4-16/h2-12,15,28H,1,13-14H2,(H,27,29). The molecular weight excluding hydrogens is 429 g/mol. The molecule has 0 saturated heterocycles. The van der Waals surface area contributed by atoms with Gasteiger partial charge in [0.1, 0.15) is 29.7 Å². The molecule has 0 fully saturated rings. The monoisotopic (exact) mass is 449 g/mol. The fourth-order valence-corrected chi connectivity index (χ4v) is 4.26. The topological polar surface area (TPSA) is 67.8 Å². The number of halogens is 1. The van der Waals surface area contributed by atoms with Crippen molar-refractivity contribution in [2.45, 2.75) is 0 Å². The predicted molar refractivity (Wildman–Crippen MR) is 124 cm³/mol. The van der Waals surface area contributed by atoms with Gasteiger partial charge in [0, 0.05) is 10.1 Å². The molecule has 0 radical (unpaired) electrons. The second kappa shape index (κ2) is 9.53. The second-order valence-corrected chi connectivity index (χ2v) is 7.92. The summed E-state index contributed by atoms with van der Waals surface area (Å²) >= 11 is 1.46. The molecule has 0 saturated carbocycles. The first kappa shape index (κ1) is 21.4. The van der Waals surface area contributed by atoms with Crippen molar-refractivity contribution in [1.82, 2.24) is 5.32 Å². The van der Waals surface area contributed by atoms with Crippen LogP contribution in [0.5, 0.6) is 23.0 Å². The minimum absolute atomic E-state index is 0.168. The minimum Gasteiger partial charge on any atom is -0.508 e. The highest BCUT2D eigenvalue weighted by Crippen LogP contribution is 2.47. The number of thiophene rings is 1. The summed E-state index contributed by atoms with van der Waals surface area (Å²) < 4.78 is 26.1. The van der Waals surface area contributed by atoms with E-state index in [4.69, 9.17) is 9.47 Å². The number of ether oxygens (including phenoxy) is 2. The Labute approximate surface area is 188 Å². The number of hydrogen-bond acceptors (Lipinski definition) is 5. The van der Waals surface area contributed by atoms with Crippen molar-refractivity contribution in [3.8, 4) is 33.4 Å². The largest absolute Gasteiger partial charge is 0.508 e. The summed E-state index contributed by atoms with van der Waals surface area (Å²) in [5.74, 6) is 1.50. The second-order valence-electron chi connectivity index (χ2n) is 6.86. The van der Waals surface area contributed by atoms with Crippen molar-refractivity contribution in [2.24, 2.45) is 0 Å². The quantitative estimate of drug-likeness (QED) is 0.260. The van der Waals surface area contributed by atoms with Crippen LogP contribution in [-0.2, 0) is 4.79 Å². The first-order chi connectivity index (χ1) is 15.5. The Balaban J connectivity index is 1.55. The number of benzene rings is 3.